The van der Waals surface area contributed by atoms with E-state index < -0.39 is 18.0 Å². The molecule has 5 nitrogen and oxygen atoms in total. The average molecular weight is 265 g/mol. The zero-order valence-corrected chi connectivity index (χ0v) is 11.1. The molecule has 1 aromatic rings. The first-order valence-electron chi connectivity index (χ1n) is 6.28. The number of piperidine rings is 1. The summed E-state index contributed by atoms with van der Waals surface area (Å²) in [6, 6.07) is 7.69. The van der Waals surface area contributed by atoms with Crippen LogP contribution in [-0.2, 0) is 4.79 Å². The maximum atomic E-state index is 11.0. The van der Waals surface area contributed by atoms with Gasteiger partial charge in [0.1, 0.15) is 5.75 Å². The van der Waals surface area contributed by atoms with Crippen LogP contribution in [0.3, 0.4) is 0 Å². The molecule has 0 bridgehead atoms. The maximum Gasteiger partial charge on any atom is 0.310 e. The summed E-state index contributed by atoms with van der Waals surface area (Å²) in [5.41, 5.74) is 1.06. The second kappa shape index (κ2) is 5.59. The molecule has 0 radical (unpaired) electrons. The van der Waals surface area contributed by atoms with Crippen molar-refractivity contribution in [1.82, 2.24) is 4.90 Å². The molecule has 1 aliphatic rings. The van der Waals surface area contributed by atoms with Gasteiger partial charge in [-0.05, 0) is 31.2 Å². The summed E-state index contributed by atoms with van der Waals surface area (Å²) >= 11 is 0. The van der Waals surface area contributed by atoms with Gasteiger partial charge in [0.05, 0.1) is 19.1 Å². The predicted molar refractivity (Wildman–Crippen MR) is 70.1 cm³/mol. The van der Waals surface area contributed by atoms with Crippen molar-refractivity contribution in [2.24, 2.45) is 5.92 Å². The Kier molecular flexibility index (Phi) is 4.07. The van der Waals surface area contributed by atoms with Gasteiger partial charge < -0.3 is 14.9 Å². The number of ether oxygens (including phenoxy) is 1. The summed E-state index contributed by atoms with van der Waals surface area (Å²) in [5, 5.41) is 19.0. The average Bonchev–Trinajstić information content (AvgIpc) is 2.41. The van der Waals surface area contributed by atoms with Gasteiger partial charge in [-0.2, -0.15) is 0 Å². The SMILES string of the molecule is COc1ccc(C2CC(O)C(C(=O)O)CN2C)cc1. The quantitative estimate of drug-likeness (QED) is 0.857. The Balaban J connectivity index is 2.14. The number of hydrogen-bond donors (Lipinski definition) is 2. The monoisotopic (exact) mass is 265 g/mol. The van der Waals surface area contributed by atoms with Gasteiger partial charge >= 0.3 is 5.97 Å². The highest BCUT2D eigenvalue weighted by atomic mass is 16.5. The molecule has 0 aromatic heterocycles. The smallest absolute Gasteiger partial charge is 0.310 e. The van der Waals surface area contributed by atoms with Crippen molar-refractivity contribution >= 4 is 5.97 Å². The summed E-state index contributed by atoms with van der Waals surface area (Å²) < 4.78 is 5.11. The molecule has 1 aromatic carbocycles. The molecule has 19 heavy (non-hydrogen) atoms. The van der Waals surface area contributed by atoms with Gasteiger partial charge in [-0.25, -0.2) is 0 Å². The van der Waals surface area contributed by atoms with Crippen molar-refractivity contribution in [3.05, 3.63) is 29.8 Å². The summed E-state index contributed by atoms with van der Waals surface area (Å²) in [4.78, 5) is 13.0. The zero-order valence-electron chi connectivity index (χ0n) is 11.1. The molecule has 1 saturated heterocycles. The van der Waals surface area contributed by atoms with Crippen molar-refractivity contribution in [3.8, 4) is 5.75 Å². The number of aliphatic carboxylic acids is 1. The number of likely N-dealkylation sites (tertiary alicyclic amines) is 1. The van der Waals surface area contributed by atoms with E-state index in [0.29, 0.717) is 13.0 Å². The molecule has 0 amide bonds. The second-order valence-electron chi connectivity index (χ2n) is 4.98. The first-order valence-corrected chi connectivity index (χ1v) is 6.28. The molecule has 1 heterocycles. The van der Waals surface area contributed by atoms with Crippen LogP contribution in [0.25, 0.3) is 0 Å². The van der Waals surface area contributed by atoms with Gasteiger partial charge in [-0.1, -0.05) is 12.1 Å². The number of methoxy groups -OCH3 is 1. The van der Waals surface area contributed by atoms with Crippen molar-refractivity contribution < 1.29 is 19.7 Å². The van der Waals surface area contributed by atoms with E-state index in [1.807, 2.05) is 36.2 Å². The minimum absolute atomic E-state index is 0.0384. The third-order valence-electron chi connectivity index (χ3n) is 3.76. The fraction of sp³-hybridized carbons (Fsp3) is 0.500. The predicted octanol–water partition coefficient (Wildman–Crippen LogP) is 1.13. The standard InChI is InChI=1S/C14H19NO4/c1-15-8-11(14(17)18)13(16)7-12(15)9-3-5-10(19-2)6-4-9/h3-6,11-13,16H,7-8H2,1-2H3,(H,17,18). The lowest BCUT2D eigenvalue weighted by Crippen LogP contribution is -2.46. The Hall–Kier alpha value is -1.59. The minimum Gasteiger partial charge on any atom is -0.497 e. The topological polar surface area (TPSA) is 70.0 Å². The molecule has 104 valence electrons. The molecule has 0 aliphatic carbocycles. The van der Waals surface area contributed by atoms with Gasteiger partial charge in [-0.15, -0.1) is 0 Å². The number of rotatable bonds is 3. The zero-order chi connectivity index (χ0) is 14.0. The molecule has 1 aliphatic heterocycles. The molecule has 0 spiro atoms. The number of aliphatic hydroxyl groups is 1. The Labute approximate surface area is 112 Å². The van der Waals surface area contributed by atoms with Gasteiger partial charge in [0.25, 0.3) is 0 Å². The lowest BCUT2D eigenvalue weighted by molar-refractivity contribution is -0.150. The summed E-state index contributed by atoms with van der Waals surface area (Å²) in [7, 11) is 3.50. The molecular formula is C14H19NO4. The summed E-state index contributed by atoms with van der Waals surface area (Å²) in [6.45, 7) is 0.354. The van der Waals surface area contributed by atoms with Gasteiger partial charge in [0, 0.05) is 12.6 Å². The van der Waals surface area contributed by atoms with Crippen LogP contribution < -0.4 is 4.74 Å². The molecule has 3 unspecified atom stereocenters. The van der Waals surface area contributed by atoms with E-state index in [9.17, 15) is 9.90 Å². The van der Waals surface area contributed by atoms with Crippen LogP contribution >= 0.6 is 0 Å². The number of benzene rings is 1. The van der Waals surface area contributed by atoms with Crippen LogP contribution in [0.2, 0.25) is 0 Å². The second-order valence-corrected chi connectivity index (χ2v) is 4.98. The number of carboxylic acids is 1. The normalized spacial score (nSPS) is 28.1. The Morgan fingerprint density at radius 1 is 1.37 bits per heavy atom. The molecule has 3 atom stereocenters. The van der Waals surface area contributed by atoms with E-state index in [1.54, 1.807) is 7.11 Å². The Bertz CT molecular complexity index is 445. The molecule has 5 heteroatoms. The number of carbonyl (C=O) groups is 1. The van der Waals surface area contributed by atoms with Crippen LogP contribution in [-0.4, -0.2) is 47.9 Å². The van der Waals surface area contributed by atoms with E-state index in [-0.39, 0.29) is 6.04 Å². The number of nitrogens with zero attached hydrogens (tertiary/aromatic N) is 1. The van der Waals surface area contributed by atoms with Crippen molar-refractivity contribution in [2.45, 2.75) is 18.6 Å². The largest absolute Gasteiger partial charge is 0.497 e. The third-order valence-corrected chi connectivity index (χ3v) is 3.76. The number of aliphatic hydroxyl groups excluding tert-OH is 1. The van der Waals surface area contributed by atoms with Crippen molar-refractivity contribution in [2.75, 3.05) is 20.7 Å². The minimum atomic E-state index is -0.937. The Morgan fingerprint density at radius 3 is 2.53 bits per heavy atom. The fourth-order valence-corrected chi connectivity index (χ4v) is 2.59. The van der Waals surface area contributed by atoms with Crippen molar-refractivity contribution in [1.29, 1.82) is 0 Å². The van der Waals surface area contributed by atoms with Crippen LogP contribution in [0, 0.1) is 5.92 Å². The van der Waals surface area contributed by atoms with E-state index in [0.717, 1.165) is 11.3 Å². The van der Waals surface area contributed by atoms with E-state index in [4.69, 9.17) is 9.84 Å². The first kappa shape index (κ1) is 13.8. The van der Waals surface area contributed by atoms with E-state index >= 15 is 0 Å². The molecule has 2 N–H and O–H groups in total. The van der Waals surface area contributed by atoms with Crippen molar-refractivity contribution in [3.63, 3.8) is 0 Å². The highest BCUT2D eigenvalue weighted by molar-refractivity contribution is 5.71. The first-order chi connectivity index (χ1) is 9.02. The summed E-state index contributed by atoms with van der Waals surface area (Å²) in [5.74, 6) is -0.863. The highest BCUT2D eigenvalue weighted by Crippen LogP contribution is 2.33. The fourth-order valence-electron chi connectivity index (χ4n) is 2.59. The van der Waals surface area contributed by atoms with E-state index in [2.05, 4.69) is 0 Å². The van der Waals surface area contributed by atoms with Crippen LogP contribution in [0.15, 0.2) is 24.3 Å². The molecule has 0 saturated carbocycles. The van der Waals surface area contributed by atoms with Crippen LogP contribution in [0.1, 0.15) is 18.0 Å². The maximum absolute atomic E-state index is 11.0. The third kappa shape index (κ3) is 2.88. The highest BCUT2D eigenvalue weighted by Gasteiger charge is 2.37. The van der Waals surface area contributed by atoms with Crippen LogP contribution in [0.4, 0.5) is 0 Å². The molecular weight excluding hydrogens is 246 g/mol. The molecule has 1 fully saturated rings. The lowest BCUT2D eigenvalue weighted by Gasteiger charge is -2.38. The number of carboxylic acid groups (broad SMARTS) is 1. The Morgan fingerprint density at radius 2 is 2.00 bits per heavy atom. The van der Waals surface area contributed by atoms with Gasteiger partial charge in [-0.3, -0.25) is 9.69 Å². The van der Waals surface area contributed by atoms with E-state index in [1.165, 1.54) is 0 Å². The van der Waals surface area contributed by atoms with Gasteiger partial charge in [0.2, 0.25) is 0 Å². The number of hydrogen-bond acceptors (Lipinski definition) is 4. The lowest BCUT2D eigenvalue weighted by atomic mass is 9.87. The molecule has 2 rings (SSSR count). The van der Waals surface area contributed by atoms with Gasteiger partial charge in [0.15, 0.2) is 0 Å². The summed E-state index contributed by atoms with van der Waals surface area (Å²) in [6.07, 6.45) is -0.374. The van der Waals surface area contributed by atoms with Crippen LogP contribution in [0.5, 0.6) is 5.75 Å².